The summed E-state index contributed by atoms with van der Waals surface area (Å²) in [5, 5.41) is 28.5. The Morgan fingerprint density at radius 1 is 1.11 bits per heavy atom. The molecule has 1 aliphatic carbocycles. The molecule has 0 bridgehead atoms. The molecule has 0 aliphatic heterocycles. The van der Waals surface area contributed by atoms with Crippen LogP contribution in [0.25, 0.3) is 20.8 Å². The van der Waals surface area contributed by atoms with Crippen LogP contribution in [0.5, 0.6) is 5.75 Å². The molecule has 178 valence electrons. The van der Waals surface area contributed by atoms with E-state index in [1.807, 2.05) is 47.9 Å². The van der Waals surface area contributed by atoms with Gasteiger partial charge in [-0.2, -0.15) is 0 Å². The van der Waals surface area contributed by atoms with Crippen molar-refractivity contribution in [3.8, 4) is 16.3 Å². The van der Waals surface area contributed by atoms with Crippen LogP contribution in [0.2, 0.25) is 0 Å². The number of para-hydroxylation sites is 2. The number of allylic oxidation sites excluding steroid dienone is 5. The van der Waals surface area contributed by atoms with Gasteiger partial charge in [-0.1, -0.05) is 42.5 Å². The van der Waals surface area contributed by atoms with Crippen molar-refractivity contribution < 1.29 is 9.90 Å². The Hall–Kier alpha value is -4.23. The number of carbonyl (C=O) groups excluding carboxylic acids is 1. The van der Waals surface area contributed by atoms with E-state index in [9.17, 15) is 9.90 Å². The van der Waals surface area contributed by atoms with Gasteiger partial charge in [0.2, 0.25) is 0 Å². The third-order valence-electron chi connectivity index (χ3n) is 5.62. The first-order chi connectivity index (χ1) is 17.6. The summed E-state index contributed by atoms with van der Waals surface area (Å²) < 4.78 is 1.08. The molecule has 4 N–H and O–H groups in total. The van der Waals surface area contributed by atoms with Gasteiger partial charge < -0.3 is 15.8 Å². The maximum Gasteiger partial charge on any atom is 0.320 e. The van der Waals surface area contributed by atoms with Crippen molar-refractivity contribution in [3.63, 3.8) is 0 Å². The van der Waals surface area contributed by atoms with Crippen LogP contribution in [-0.2, 0) is 0 Å². The zero-order valence-electron chi connectivity index (χ0n) is 19.1. The number of nitrogens with zero attached hydrogens (tertiary/aromatic N) is 1. The summed E-state index contributed by atoms with van der Waals surface area (Å²) >= 11 is 2.99. The number of thiophene rings is 1. The molecule has 2 aromatic carbocycles. The van der Waals surface area contributed by atoms with E-state index >= 15 is 0 Å². The van der Waals surface area contributed by atoms with E-state index in [0.29, 0.717) is 16.3 Å². The summed E-state index contributed by atoms with van der Waals surface area (Å²) in [7, 11) is 0. The first kappa shape index (κ1) is 23.5. The Balaban J connectivity index is 1.36. The summed E-state index contributed by atoms with van der Waals surface area (Å²) in [6.45, 7) is 0. The molecule has 36 heavy (non-hydrogen) atoms. The molecule has 6 nitrogen and oxygen atoms in total. The van der Waals surface area contributed by atoms with E-state index in [1.54, 1.807) is 53.8 Å². The largest absolute Gasteiger partial charge is 0.508 e. The van der Waals surface area contributed by atoms with E-state index < -0.39 is 12.1 Å². The van der Waals surface area contributed by atoms with Gasteiger partial charge in [0.05, 0.1) is 16.3 Å². The highest BCUT2D eigenvalue weighted by Gasteiger charge is 2.22. The highest BCUT2D eigenvalue weighted by molar-refractivity contribution is 7.22. The highest BCUT2D eigenvalue weighted by atomic mass is 32.1. The van der Waals surface area contributed by atoms with Crippen molar-refractivity contribution in [1.29, 1.82) is 5.41 Å². The number of aromatic hydroxyl groups is 1. The molecule has 5 rings (SSSR count). The summed E-state index contributed by atoms with van der Waals surface area (Å²) in [4.78, 5) is 17.9. The van der Waals surface area contributed by atoms with Crippen LogP contribution in [0.1, 0.15) is 18.0 Å². The Morgan fingerprint density at radius 2 is 1.94 bits per heavy atom. The van der Waals surface area contributed by atoms with Gasteiger partial charge in [-0.05, 0) is 53.4 Å². The fourth-order valence-electron chi connectivity index (χ4n) is 3.86. The highest BCUT2D eigenvalue weighted by Crippen LogP contribution is 2.38. The van der Waals surface area contributed by atoms with Gasteiger partial charge in [0.15, 0.2) is 0 Å². The number of thiazole rings is 1. The van der Waals surface area contributed by atoms with E-state index in [4.69, 9.17) is 10.4 Å². The normalized spacial score (nSPS) is 13.3. The SMILES string of the molecule is N=C(CC(NC(=O)Nc1sccc1-c1nc2ccccc2s1)c1ccccc1O)C1=CC=C=CC=C1. The molecule has 1 atom stereocenters. The van der Waals surface area contributed by atoms with E-state index in [2.05, 4.69) is 16.4 Å². The second-order valence-electron chi connectivity index (χ2n) is 8.02. The number of urea groups is 1. The number of benzene rings is 2. The Morgan fingerprint density at radius 3 is 2.81 bits per heavy atom. The molecule has 1 unspecified atom stereocenters. The predicted molar refractivity (Wildman–Crippen MR) is 148 cm³/mol. The molecule has 2 aromatic heterocycles. The number of hydrogen-bond acceptors (Lipinski definition) is 6. The third kappa shape index (κ3) is 5.21. The molecule has 0 saturated heterocycles. The lowest BCUT2D eigenvalue weighted by Gasteiger charge is -2.21. The molecule has 1 aliphatic rings. The lowest BCUT2D eigenvalue weighted by Crippen LogP contribution is -2.33. The minimum Gasteiger partial charge on any atom is -0.508 e. The molecular weight excluding hydrogens is 488 g/mol. The number of anilines is 1. The van der Waals surface area contributed by atoms with Gasteiger partial charge in [-0.15, -0.1) is 28.4 Å². The Bertz CT molecular complexity index is 1540. The van der Waals surface area contributed by atoms with Crippen LogP contribution < -0.4 is 10.6 Å². The monoisotopic (exact) mass is 510 g/mol. The number of aromatic nitrogens is 1. The molecule has 2 amide bonds. The summed E-state index contributed by atoms with van der Waals surface area (Å²) in [6.07, 6.45) is 9.17. The van der Waals surface area contributed by atoms with Crippen LogP contribution in [-0.4, -0.2) is 21.8 Å². The predicted octanol–water partition coefficient (Wildman–Crippen LogP) is 7.21. The number of phenols is 1. The van der Waals surface area contributed by atoms with Crippen molar-refractivity contribution in [2.24, 2.45) is 0 Å². The minimum atomic E-state index is -0.612. The summed E-state index contributed by atoms with van der Waals surface area (Å²) in [6, 6.07) is 15.7. The maximum atomic E-state index is 13.1. The van der Waals surface area contributed by atoms with Gasteiger partial charge >= 0.3 is 6.03 Å². The number of fused-ring (bicyclic) bond motifs is 1. The lowest BCUT2D eigenvalue weighted by atomic mass is 9.96. The number of carbonyl (C=O) groups is 1. The van der Waals surface area contributed by atoms with Gasteiger partial charge in [-0.25, -0.2) is 9.78 Å². The number of hydrogen-bond donors (Lipinski definition) is 4. The first-order valence-electron chi connectivity index (χ1n) is 11.2. The van der Waals surface area contributed by atoms with Crippen molar-refractivity contribution in [2.75, 3.05) is 5.32 Å². The van der Waals surface area contributed by atoms with Crippen LogP contribution in [0.3, 0.4) is 0 Å². The number of phenolic OH excluding ortho intramolecular Hbond substituents is 1. The standard InChI is InChI=1S/C28H22N4O2S2/c29-21(18-9-3-1-2-4-10-18)17-23(19-11-5-7-13-24(19)33)31-28(34)32-26-20(15-16-35-26)27-30-22-12-6-8-14-25(22)36-27/h1,3-16,23,29,33H,17H2,(H2,31,32,34). The van der Waals surface area contributed by atoms with Crippen molar-refractivity contribution >= 4 is 49.6 Å². The van der Waals surface area contributed by atoms with Gasteiger partial charge in [0.25, 0.3) is 0 Å². The molecule has 0 saturated carbocycles. The summed E-state index contributed by atoms with van der Waals surface area (Å²) in [5.74, 6) is 0.0637. The molecule has 0 radical (unpaired) electrons. The van der Waals surface area contributed by atoms with Crippen molar-refractivity contribution in [1.82, 2.24) is 10.3 Å². The maximum absolute atomic E-state index is 13.1. The van der Waals surface area contributed by atoms with Crippen LogP contribution >= 0.6 is 22.7 Å². The zero-order chi connectivity index (χ0) is 24.9. The molecule has 0 fully saturated rings. The molecule has 0 spiro atoms. The van der Waals surface area contributed by atoms with Gasteiger partial charge in [-0.3, -0.25) is 5.32 Å². The topological polar surface area (TPSA) is 98.1 Å². The number of rotatable bonds is 7. The minimum absolute atomic E-state index is 0.0637. The zero-order valence-corrected chi connectivity index (χ0v) is 20.7. The van der Waals surface area contributed by atoms with Gasteiger partial charge in [0, 0.05) is 23.3 Å². The Kier molecular flexibility index (Phi) is 6.91. The quantitative estimate of drug-likeness (QED) is 0.156. The molecule has 2 heterocycles. The van der Waals surface area contributed by atoms with Crippen LogP contribution in [0.15, 0.2) is 102 Å². The number of nitrogens with one attached hydrogen (secondary N) is 3. The molecule has 4 aromatic rings. The fraction of sp³-hybridized carbons (Fsp3) is 0.0714. The van der Waals surface area contributed by atoms with Crippen molar-refractivity contribution in [2.45, 2.75) is 12.5 Å². The number of amides is 2. The van der Waals surface area contributed by atoms with E-state index in [-0.39, 0.29) is 12.2 Å². The van der Waals surface area contributed by atoms with Crippen molar-refractivity contribution in [3.05, 3.63) is 107 Å². The van der Waals surface area contributed by atoms with E-state index in [0.717, 1.165) is 26.4 Å². The fourth-order valence-corrected chi connectivity index (χ4v) is 5.71. The second kappa shape index (κ2) is 10.6. The average Bonchev–Trinajstić information content (AvgIpc) is 3.41. The lowest BCUT2D eigenvalue weighted by molar-refractivity contribution is 0.248. The third-order valence-corrected chi connectivity index (χ3v) is 7.52. The van der Waals surface area contributed by atoms with Crippen LogP contribution in [0.4, 0.5) is 9.80 Å². The second-order valence-corrected chi connectivity index (χ2v) is 9.97. The smallest absolute Gasteiger partial charge is 0.320 e. The Labute approximate surface area is 216 Å². The van der Waals surface area contributed by atoms with Gasteiger partial charge in [0.1, 0.15) is 15.8 Å². The summed E-state index contributed by atoms with van der Waals surface area (Å²) in [5.41, 5.74) is 6.35. The van der Waals surface area contributed by atoms with Crippen LogP contribution in [0, 0.1) is 5.41 Å². The average molecular weight is 511 g/mol. The first-order valence-corrected chi connectivity index (χ1v) is 12.9. The molecule has 8 heteroatoms. The van der Waals surface area contributed by atoms with E-state index in [1.165, 1.54) is 11.3 Å². The molecular formula is C28H22N4O2S2.